The summed E-state index contributed by atoms with van der Waals surface area (Å²) in [5, 5.41) is 1.01. The highest BCUT2D eigenvalue weighted by molar-refractivity contribution is 9.09. The van der Waals surface area contributed by atoms with Gasteiger partial charge >= 0.3 is 0 Å². The molecular formula is C12H17BrFN3. The molecule has 0 N–H and O–H groups in total. The number of aromatic nitrogens is 2. The smallest absolute Gasteiger partial charge is 0.187 e. The second kappa shape index (κ2) is 5.76. The summed E-state index contributed by atoms with van der Waals surface area (Å²) in [5.41, 5.74) is 0.513. The molecule has 1 unspecified atom stereocenters. The van der Waals surface area contributed by atoms with Crippen molar-refractivity contribution in [2.75, 3.05) is 23.3 Å². The minimum absolute atomic E-state index is 0.241. The maximum atomic E-state index is 14.1. The van der Waals surface area contributed by atoms with Crippen LogP contribution < -0.4 is 4.90 Å². The maximum Gasteiger partial charge on any atom is 0.187 e. The topological polar surface area (TPSA) is 29.0 Å². The molecule has 0 aromatic carbocycles. The van der Waals surface area contributed by atoms with Gasteiger partial charge in [0.15, 0.2) is 11.6 Å². The summed E-state index contributed by atoms with van der Waals surface area (Å²) in [4.78, 5) is 10.1. The lowest BCUT2D eigenvalue weighted by Crippen LogP contribution is -2.23. The zero-order valence-electron chi connectivity index (χ0n) is 9.99. The molecule has 0 aliphatic carbocycles. The largest absolute Gasteiger partial charge is 0.354 e. The molecule has 1 saturated heterocycles. The minimum Gasteiger partial charge on any atom is -0.354 e. The second-order valence-electron chi connectivity index (χ2n) is 4.39. The quantitative estimate of drug-likeness (QED) is 0.801. The summed E-state index contributed by atoms with van der Waals surface area (Å²) in [6.07, 6.45) is 4.34. The predicted molar refractivity (Wildman–Crippen MR) is 70.1 cm³/mol. The third-order valence-electron chi connectivity index (χ3n) is 3.28. The Morgan fingerprint density at radius 3 is 3.06 bits per heavy atom. The van der Waals surface area contributed by atoms with Gasteiger partial charge < -0.3 is 4.90 Å². The number of hydrogen-bond donors (Lipinski definition) is 0. The van der Waals surface area contributed by atoms with E-state index in [1.165, 1.54) is 6.33 Å². The van der Waals surface area contributed by atoms with Gasteiger partial charge in [-0.1, -0.05) is 22.9 Å². The molecule has 5 heteroatoms. The Labute approximate surface area is 110 Å². The Morgan fingerprint density at radius 1 is 1.53 bits per heavy atom. The van der Waals surface area contributed by atoms with Gasteiger partial charge in [0.25, 0.3) is 0 Å². The monoisotopic (exact) mass is 301 g/mol. The van der Waals surface area contributed by atoms with E-state index < -0.39 is 0 Å². The van der Waals surface area contributed by atoms with Crippen LogP contribution >= 0.6 is 15.9 Å². The lowest BCUT2D eigenvalue weighted by molar-refractivity contribution is 0.567. The van der Waals surface area contributed by atoms with Crippen molar-refractivity contribution in [3.05, 3.63) is 17.8 Å². The van der Waals surface area contributed by atoms with Gasteiger partial charge in [-0.2, -0.15) is 0 Å². The molecular weight excluding hydrogens is 285 g/mol. The number of alkyl halides is 1. The van der Waals surface area contributed by atoms with Crippen molar-refractivity contribution >= 4 is 21.7 Å². The van der Waals surface area contributed by atoms with Crippen LogP contribution in [0.2, 0.25) is 0 Å². The first-order valence-corrected chi connectivity index (χ1v) is 7.18. The van der Waals surface area contributed by atoms with Crippen molar-refractivity contribution in [3.8, 4) is 0 Å². The van der Waals surface area contributed by atoms with E-state index in [2.05, 4.69) is 25.9 Å². The van der Waals surface area contributed by atoms with Crippen molar-refractivity contribution in [1.82, 2.24) is 9.97 Å². The number of aryl methyl sites for hydroxylation is 1. The predicted octanol–water partition coefficient (Wildman–Crippen LogP) is 2.79. The van der Waals surface area contributed by atoms with Crippen LogP contribution in [0, 0.1) is 11.7 Å². The molecule has 2 heterocycles. The van der Waals surface area contributed by atoms with Crippen LogP contribution in [0.15, 0.2) is 6.33 Å². The van der Waals surface area contributed by atoms with E-state index >= 15 is 0 Å². The number of rotatable bonds is 4. The molecule has 1 aliphatic rings. The first kappa shape index (κ1) is 12.7. The van der Waals surface area contributed by atoms with Crippen molar-refractivity contribution in [3.63, 3.8) is 0 Å². The molecule has 1 fully saturated rings. The van der Waals surface area contributed by atoms with Crippen LogP contribution in [-0.2, 0) is 6.42 Å². The van der Waals surface area contributed by atoms with Crippen LogP contribution in [0.4, 0.5) is 10.2 Å². The van der Waals surface area contributed by atoms with Gasteiger partial charge in [-0.25, -0.2) is 14.4 Å². The molecule has 1 atom stereocenters. The van der Waals surface area contributed by atoms with E-state index in [1.807, 2.05) is 11.8 Å². The average molecular weight is 302 g/mol. The minimum atomic E-state index is -0.241. The maximum absolute atomic E-state index is 14.1. The Balaban J connectivity index is 2.13. The van der Waals surface area contributed by atoms with Crippen molar-refractivity contribution in [1.29, 1.82) is 0 Å². The highest BCUT2D eigenvalue weighted by atomic mass is 79.9. The fourth-order valence-corrected chi connectivity index (χ4v) is 2.93. The summed E-state index contributed by atoms with van der Waals surface area (Å²) >= 11 is 3.45. The molecule has 0 spiro atoms. The van der Waals surface area contributed by atoms with Gasteiger partial charge in [0.1, 0.15) is 6.33 Å². The Kier molecular flexibility index (Phi) is 4.31. The Bertz CT molecular complexity index is 386. The van der Waals surface area contributed by atoms with Crippen LogP contribution in [-0.4, -0.2) is 28.4 Å². The van der Waals surface area contributed by atoms with E-state index in [1.54, 1.807) is 0 Å². The number of hydrogen-bond acceptors (Lipinski definition) is 3. The van der Waals surface area contributed by atoms with E-state index in [0.29, 0.717) is 23.9 Å². The summed E-state index contributed by atoms with van der Waals surface area (Å²) < 4.78 is 14.1. The Hall–Kier alpha value is -0.710. The van der Waals surface area contributed by atoms with Crippen molar-refractivity contribution in [2.24, 2.45) is 5.92 Å². The molecule has 94 valence electrons. The second-order valence-corrected chi connectivity index (χ2v) is 5.18. The van der Waals surface area contributed by atoms with Crippen LogP contribution in [0.3, 0.4) is 0 Å². The van der Waals surface area contributed by atoms with Crippen molar-refractivity contribution < 1.29 is 4.39 Å². The van der Waals surface area contributed by atoms with E-state index in [-0.39, 0.29) is 5.82 Å². The molecule has 2 rings (SSSR count). The van der Waals surface area contributed by atoms with Gasteiger partial charge in [0.2, 0.25) is 0 Å². The summed E-state index contributed by atoms with van der Waals surface area (Å²) in [5.74, 6) is 0.886. The standard InChI is InChI=1S/C12H17BrFN3/c1-2-10-11(14)12(16-8-15-10)17-6-4-9(7-17)3-5-13/h8-9H,2-7H2,1H3. The van der Waals surface area contributed by atoms with Gasteiger partial charge in [0.05, 0.1) is 5.69 Å². The van der Waals surface area contributed by atoms with Crippen LogP contribution in [0.5, 0.6) is 0 Å². The van der Waals surface area contributed by atoms with E-state index in [4.69, 9.17) is 0 Å². The third-order valence-corrected chi connectivity index (χ3v) is 3.74. The SMILES string of the molecule is CCc1ncnc(N2CCC(CCBr)C2)c1F. The fourth-order valence-electron chi connectivity index (χ4n) is 2.28. The highest BCUT2D eigenvalue weighted by Crippen LogP contribution is 2.27. The van der Waals surface area contributed by atoms with Crippen molar-refractivity contribution in [2.45, 2.75) is 26.2 Å². The zero-order valence-corrected chi connectivity index (χ0v) is 11.6. The molecule has 1 aromatic heterocycles. The van der Waals surface area contributed by atoms with Crippen LogP contribution in [0.25, 0.3) is 0 Å². The molecule has 1 aliphatic heterocycles. The van der Waals surface area contributed by atoms with Gasteiger partial charge in [-0.05, 0) is 25.2 Å². The number of halogens is 2. The number of nitrogens with zero attached hydrogens (tertiary/aromatic N) is 3. The normalized spacial score (nSPS) is 19.9. The molecule has 0 amide bonds. The fraction of sp³-hybridized carbons (Fsp3) is 0.667. The Morgan fingerprint density at radius 2 is 2.35 bits per heavy atom. The number of anilines is 1. The molecule has 1 aromatic rings. The third kappa shape index (κ3) is 2.76. The molecule has 3 nitrogen and oxygen atoms in total. The summed E-state index contributed by atoms with van der Waals surface area (Å²) in [6.45, 7) is 3.71. The lowest BCUT2D eigenvalue weighted by Gasteiger charge is -2.18. The molecule has 17 heavy (non-hydrogen) atoms. The summed E-state index contributed by atoms with van der Waals surface area (Å²) in [6, 6.07) is 0. The van der Waals surface area contributed by atoms with Gasteiger partial charge in [-0.15, -0.1) is 0 Å². The van der Waals surface area contributed by atoms with Gasteiger partial charge in [0, 0.05) is 18.4 Å². The first-order chi connectivity index (χ1) is 8.26. The van der Waals surface area contributed by atoms with Gasteiger partial charge in [-0.3, -0.25) is 0 Å². The van der Waals surface area contributed by atoms with E-state index in [0.717, 1.165) is 31.3 Å². The van der Waals surface area contributed by atoms with Crippen LogP contribution in [0.1, 0.15) is 25.5 Å². The molecule has 0 radical (unpaired) electrons. The lowest BCUT2D eigenvalue weighted by atomic mass is 10.1. The molecule has 0 saturated carbocycles. The highest BCUT2D eigenvalue weighted by Gasteiger charge is 2.25. The average Bonchev–Trinajstić information content (AvgIpc) is 2.78. The molecule has 0 bridgehead atoms. The zero-order chi connectivity index (χ0) is 12.3. The summed E-state index contributed by atoms with van der Waals surface area (Å²) in [7, 11) is 0. The first-order valence-electron chi connectivity index (χ1n) is 6.06. The van der Waals surface area contributed by atoms with E-state index in [9.17, 15) is 4.39 Å².